The number of nitrogens with two attached hydrogens (primary N) is 3. The van der Waals surface area contributed by atoms with E-state index in [1.165, 1.54) is 24.3 Å². The van der Waals surface area contributed by atoms with Crippen LogP contribution in [-0.2, 0) is 21.0 Å². The molecule has 3 rings (SSSR count). The molecule has 1 heterocycles. The van der Waals surface area contributed by atoms with Crippen molar-refractivity contribution in [3.8, 4) is 16.9 Å². The smallest absolute Gasteiger partial charge is 0.370 e. The highest BCUT2D eigenvalue weighted by atomic mass is 32.2. The fourth-order valence-corrected chi connectivity index (χ4v) is 4.41. The number of carbonyl (C=O) groups excluding carboxylic acids is 1. The van der Waals surface area contributed by atoms with Gasteiger partial charge in [-0.3, -0.25) is 4.79 Å². The van der Waals surface area contributed by atoms with Crippen LogP contribution in [0.4, 0.5) is 13.2 Å². The highest BCUT2D eigenvalue weighted by molar-refractivity contribution is 7.90. The zero-order chi connectivity index (χ0) is 27.4. The molecule has 0 aliphatic heterocycles. The molecule has 10 nitrogen and oxygen atoms in total. The Kier molecular flexibility index (Phi) is 8.23. The number of aryl methyl sites for hydroxylation is 1. The Labute approximate surface area is 211 Å². The van der Waals surface area contributed by atoms with Crippen LogP contribution in [0.5, 0.6) is 0 Å². The van der Waals surface area contributed by atoms with E-state index in [0.29, 0.717) is 5.56 Å². The number of aliphatic imine (C=N–C) groups is 1. The second kappa shape index (κ2) is 11.0. The van der Waals surface area contributed by atoms with Crippen LogP contribution >= 0.6 is 0 Å². The summed E-state index contributed by atoms with van der Waals surface area (Å²) in [5.74, 6) is -0.955. The van der Waals surface area contributed by atoms with Crippen LogP contribution in [0.3, 0.4) is 0 Å². The molecule has 0 fully saturated rings. The molecule has 1 amide bonds. The number of halogens is 3. The lowest BCUT2D eigenvalue weighted by molar-refractivity contribution is -0.141. The van der Waals surface area contributed by atoms with E-state index in [1.54, 1.807) is 24.3 Å². The minimum atomic E-state index is -4.68. The van der Waals surface area contributed by atoms with E-state index in [0.717, 1.165) is 16.3 Å². The molecule has 1 unspecified atom stereocenters. The summed E-state index contributed by atoms with van der Waals surface area (Å²) in [6.07, 6.45) is -5.04. The van der Waals surface area contributed by atoms with Crippen molar-refractivity contribution in [3.63, 3.8) is 0 Å². The van der Waals surface area contributed by atoms with Gasteiger partial charge in [-0.05, 0) is 50.1 Å². The molecule has 0 saturated carbocycles. The van der Waals surface area contributed by atoms with E-state index in [-0.39, 0.29) is 41.5 Å². The summed E-state index contributed by atoms with van der Waals surface area (Å²) in [5, 5.41) is 3.69. The number of alkyl halides is 3. The summed E-state index contributed by atoms with van der Waals surface area (Å²) in [6, 6.07) is 12.7. The van der Waals surface area contributed by atoms with Gasteiger partial charge in [0.25, 0.3) is 10.0 Å². The summed E-state index contributed by atoms with van der Waals surface area (Å²) < 4.78 is 68.4. The number of sulfonamides is 1. The normalized spacial score (nSPS) is 12.7. The fraction of sp³-hybridized carbons (Fsp3) is 0.261. The van der Waals surface area contributed by atoms with Crippen molar-refractivity contribution in [1.29, 1.82) is 0 Å². The number of aromatic nitrogens is 2. The highest BCUT2D eigenvalue weighted by Crippen LogP contribution is 2.33. The van der Waals surface area contributed by atoms with Gasteiger partial charge < -0.3 is 17.2 Å². The molecule has 1 aromatic heterocycles. The molecule has 37 heavy (non-hydrogen) atoms. The molecule has 7 N–H and O–H groups in total. The number of hydrogen-bond donors (Lipinski definition) is 4. The number of nitrogens with one attached hydrogen (secondary N) is 1. The Hall–Kier alpha value is -3.91. The van der Waals surface area contributed by atoms with Gasteiger partial charge in [0.1, 0.15) is 6.17 Å². The predicted molar refractivity (Wildman–Crippen MR) is 132 cm³/mol. The molecular formula is C23H26F3N7O3S. The van der Waals surface area contributed by atoms with E-state index < -0.39 is 34.0 Å². The molecule has 0 saturated heterocycles. The molecule has 2 aromatic carbocycles. The maximum Gasteiger partial charge on any atom is 0.435 e. The van der Waals surface area contributed by atoms with Crippen molar-refractivity contribution in [2.45, 2.75) is 43.4 Å². The van der Waals surface area contributed by atoms with Crippen LogP contribution in [0.1, 0.15) is 30.5 Å². The third kappa shape index (κ3) is 7.30. The quantitative estimate of drug-likeness (QED) is 0.240. The fourth-order valence-electron chi connectivity index (χ4n) is 3.40. The Morgan fingerprint density at radius 3 is 2.30 bits per heavy atom. The molecule has 198 valence electrons. The van der Waals surface area contributed by atoms with Crippen LogP contribution < -0.4 is 21.9 Å². The first-order valence-electron chi connectivity index (χ1n) is 11.0. The molecule has 3 aromatic rings. The van der Waals surface area contributed by atoms with Crippen molar-refractivity contribution in [2.75, 3.05) is 0 Å². The summed E-state index contributed by atoms with van der Waals surface area (Å²) in [7, 11) is -4.22. The Balaban J connectivity index is 1.79. The molecule has 0 radical (unpaired) electrons. The van der Waals surface area contributed by atoms with Gasteiger partial charge in [0, 0.05) is 12.0 Å². The third-order valence-electron chi connectivity index (χ3n) is 5.21. The van der Waals surface area contributed by atoms with Gasteiger partial charge in [0.15, 0.2) is 11.7 Å². The highest BCUT2D eigenvalue weighted by Gasteiger charge is 2.35. The topological polar surface area (TPSA) is 171 Å². The maximum absolute atomic E-state index is 13.4. The van der Waals surface area contributed by atoms with Crippen molar-refractivity contribution in [1.82, 2.24) is 14.5 Å². The van der Waals surface area contributed by atoms with Crippen LogP contribution in [0.25, 0.3) is 16.9 Å². The summed E-state index contributed by atoms with van der Waals surface area (Å²) in [5.41, 5.74) is 16.8. The number of amides is 1. The SMILES string of the molecule is Cc1ccc(-c2cc(C(F)(F)F)nn2-c2ccc(S(=O)(=O)NC(=O)CCCC(N)N=C(N)N)cc2)cc1. The number of rotatable bonds is 9. The number of carbonyl (C=O) groups is 1. The van der Waals surface area contributed by atoms with Gasteiger partial charge in [-0.25, -0.2) is 22.8 Å². The Morgan fingerprint density at radius 1 is 1.11 bits per heavy atom. The lowest BCUT2D eigenvalue weighted by Crippen LogP contribution is -2.31. The second-order valence-corrected chi connectivity index (χ2v) is 9.91. The van der Waals surface area contributed by atoms with Crippen LogP contribution in [0.2, 0.25) is 0 Å². The van der Waals surface area contributed by atoms with Gasteiger partial charge in [-0.1, -0.05) is 29.8 Å². The van der Waals surface area contributed by atoms with E-state index in [9.17, 15) is 26.4 Å². The number of nitrogens with zero attached hydrogens (tertiary/aromatic N) is 3. The van der Waals surface area contributed by atoms with Gasteiger partial charge in [0.05, 0.1) is 16.3 Å². The minimum absolute atomic E-state index is 0.140. The number of benzene rings is 2. The van der Waals surface area contributed by atoms with Crippen molar-refractivity contribution >= 4 is 21.9 Å². The molecular weight excluding hydrogens is 511 g/mol. The molecule has 14 heteroatoms. The van der Waals surface area contributed by atoms with Gasteiger partial charge in [0.2, 0.25) is 5.91 Å². The third-order valence-corrected chi connectivity index (χ3v) is 6.59. The van der Waals surface area contributed by atoms with E-state index >= 15 is 0 Å². The maximum atomic E-state index is 13.4. The van der Waals surface area contributed by atoms with Gasteiger partial charge in [-0.2, -0.15) is 18.3 Å². The van der Waals surface area contributed by atoms with E-state index in [4.69, 9.17) is 17.2 Å². The van der Waals surface area contributed by atoms with Gasteiger partial charge in [-0.15, -0.1) is 0 Å². The summed E-state index contributed by atoms with van der Waals surface area (Å²) in [4.78, 5) is 15.6. The van der Waals surface area contributed by atoms with Crippen molar-refractivity contribution < 1.29 is 26.4 Å². The average molecular weight is 538 g/mol. The van der Waals surface area contributed by atoms with Crippen molar-refractivity contribution in [2.24, 2.45) is 22.2 Å². The lowest BCUT2D eigenvalue weighted by Gasteiger charge is -2.11. The molecule has 0 spiro atoms. The first-order valence-corrected chi connectivity index (χ1v) is 12.5. The molecule has 0 bridgehead atoms. The first kappa shape index (κ1) is 27.7. The standard InChI is InChI=1S/C23H26F3N7O3S/c1-14-5-7-15(8-6-14)18-13-19(23(24,25)26)31-33(18)16-9-11-17(12-10-16)37(35,36)32-21(34)4-2-3-20(27)30-22(28)29/h5-13,20H,2-4,27H2,1H3,(H,32,34)(H4,28,29,30). The first-order chi connectivity index (χ1) is 17.3. The van der Waals surface area contributed by atoms with Crippen LogP contribution in [-0.4, -0.2) is 36.2 Å². The zero-order valence-electron chi connectivity index (χ0n) is 19.7. The number of guanidine groups is 1. The molecule has 0 aliphatic carbocycles. The largest absolute Gasteiger partial charge is 0.435 e. The predicted octanol–water partition coefficient (Wildman–Crippen LogP) is 2.40. The summed E-state index contributed by atoms with van der Waals surface area (Å²) >= 11 is 0. The number of hydrogen-bond acceptors (Lipinski definition) is 6. The van der Waals surface area contributed by atoms with Crippen LogP contribution in [0, 0.1) is 6.92 Å². The molecule has 1 atom stereocenters. The minimum Gasteiger partial charge on any atom is -0.370 e. The van der Waals surface area contributed by atoms with E-state index in [2.05, 4.69) is 10.1 Å². The second-order valence-electron chi connectivity index (χ2n) is 8.23. The van der Waals surface area contributed by atoms with Crippen molar-refractivity contribution in [3.05, 3.63) is 65.9 Å². The Morgan fingerprint density at radius 2 is 1.73 bits per heavy atom. The zero-order valence-corrected chi connectivity index (χ0v) is 20.6. The lowest BCUT2D eigenvalue weighted by atomic mass is 10.1. The van der Waals surface area contributed by atoms with Gasteiger partial charge >= 0.3 is 6.18 Å². The van der Waals surface area contributed by atoms with Crippen LogP contribution in [0.15, 0.2) is 64.5 Å². The molecule has 0 aliphatic rings. The Bertz CT molecular complexity index is 1380. The monoisotopic (exact) mass is 537 g/mol. The average Bonchev–Trinajstić information content (AvgIpc) is 3.25. The van der Waals surface area contributed by atoms with E-state index in [1.807, 2.05) is 11.6 Å². The summed E-state index contributed by atoms with van der Waals surface area (Å²) in [6.45, 7) is 1.85.